The lowest BCUT2D eigenvalue weighted by molar-refractivity contribution is 0.00748. The fourth-order valence-electron chi connectivity index (χ4n) is 23.0. The van der Waals surface area contributed by atoms with Gasteiger partial charge in [0.1, 0.15) is 0 Å². The normalized spacial score (nSPS) is 51.8. The van der Waals surface area contributed by atoms with E-state index in [0.29, 0.717) is 6.17 Å². The van der Waals surface area contributed by atoms with Gasteiger partial charge in [0.25, 0.3) is 0 Å². The van der Waals surface area contributed by atoms with E-state index in [9.17, 15) is 0 Å². The van der Waals surface area contributed by atoms with Crippen LogP contribution in [0.3, 0.4) is 0 Å². The van der Waals surface area contributed by atoms with E-state index in [1.807, 2.05) is 0 Å². The number of rotatable bonds is 7. The van der Waals surface area contributed by atoms with Gasteiger partial charge in [0, 0.05) is 48.3 Å². The number of nitrogens with one attached hydrogen (secondary N) is 2. The highest BCUT2D eigenvalue weighted by Crippen LogP contribution is 2.58. The van der Waals surface area contributed by atoms with Crippen molar-refractivity contribution < 1.29 is 0 Å². The molecule has 0 aromatic rings. The Bertz CT molecular complexity index is 1580. The van der Waals surface area contributed by atoms with Gasteiger partial charge in [-0.05, 0) is 243 Å². The molecule has 16 unspecified atom stereocenters. The Labute approximate surface area is 413 Å². The molecule has 17 atom stereocenters. The minimum Gasteiger partial charge on any atom is -0.299 e. The first-order valence-corrected chi connectivity index (χ1v) is 32.2. The third-order valence-corrected chi connectivity index (χ3v) is 25.9. The third kappa shape index (κ3) is 9.09. The monoisotopic (exact) mass is 919 g/mol. The van der Waals surface area contributed by atoms with Crippen LogP contribution in [0.1, 0.15) is 257 Å². The highest BCUT2D eigenvalue weighted by atomic mass is 15.3. The van der Waals surface area contributed by atoms with Gasteiger partial charge in [-0.2, -0.15) is 0 Å². The van der Waals surface area contributed by atoms with Gasteiger partial charge in [-0.1, -0.05) is 96.8 Å². The third-order valence-electron chi connectivity index (χ3n) is 25.9. The highest BCUT2D eigenvalue weighted by molar-refractivity contribution is 5.10. The Balaban J connectivity index is 0.619. The number of hydrogen-bond acceptors (Lipinski definition) is 4. The average Bonchev–Trinajstić information content (AvgIpc) is 3.91. The summed E-state index contributed by atoms with van der Waals surface area (Å²) in [5.74, 6) is 14.2. The molecule has 378 valence electrons. The van der Waals surface area contributed by atoms with Crippen LogP contribution in [0, 0.1) is 82.9 Å². The first kappa shape index (κ1) is 46.6. The smallest absolute Gasteiger partial charge is 0.0605 e. The maximum absolute atomic E-state index is 4.53. The maximum Gasteiger partial charge on any atom is 0.0605 e. The van der Waals surface area contributed by atoms with E-state index in [1.54, 1.807) is 103 Å². The van der Waals surface area contributed by atoms with Crippen molar-refractivity contribution in [3.05, 3.63) is 0 Å². The van der Waals surface area contributed by atoms with Gasteiger partial charge in [-0.15, -0.1) is 0 Å². The number of fused-ring (bicyclic) bond motifs is 7. The second kappa shape index (κ2) is 20.6. The molecule has 0 bridgehead atoms. The molecule has 3 heterocycles. The Hall–Kier alpha value is -0.160. The van der Waals surface area contributed by atoms with Crippen molar-refractivity contribution in [3.8, 4) is 0 Å². The number of likely N-dealkylation sites (tertiary alicyclic amines) is 2. The van der Waals surface area contributed by atoms with Gasteiger partial charge in [0.05, 0.1) is 6.17 Å². The molecule has 0 radical (unpaired) electrons. The molecule has 4 nitrogen and oxygen atoms in total. The Morgan fingerprint density at radius 2 is 0.746 bits per heavy atom. The summed E-state index contributed by atoms with van der Waals surface area (Å²) in [5.41, 5.74) is 0. The second-order valence-electron chi connectivity index (χ2n) is 28.6. The molecule has 0 spiro atoms. The van der Waals surface area contributed by atoms with Crippen molar-refractivity contribution in [1.82, 2.24) is 20.4 Å². The van der Waals surface area contributed by atoms with Crippen LogP contribution in [0.2, 0.25) is 0 Å². The van der Waals surface area contributed by atoms with E-state index >= 15 is 0 Å². The molecular formula is C63H106N4. The molecule has 4 heteroatoms. The van der Waals surface area contributed by atoms with Crippen molar-refractivity contribution in [1.29, 1.82) is 0 Å². The molecule has 0 aromatic carbocycles. The predicted octanol–water partition coefficient (Wildman–Crippen LogP) is 15.1. The number of nitrogens with zero attached hydrogens (tertiary/aromatic N) is 2. The van der Waals surface area contributed by atoms with Crippen LogP contribution in [0.5, 0.6) is 0 Å². The molecule has 67 heavy (non-hydrogen) atoms. The summed E-state index contributed by atoms with van der Waals surface area (Å²) in [6.45, 7) is 2.78. The molecule has 13 fully saturated rings. The van der Waals surface area contributed by atoms with Crippen LogP contribution in [-0.4, -0.2) is 64.3 Å². The molecule has 10 aliphatic carbocycles. The topological polar surface area (TPSA) is 30.5 Å². The summed E-state index contributed by atoms with van der Waals surface area (Å²) in [5, 5.41) is 8.92. The molecule has 3 aliphatic heterocycles. The van der Waals surface area contributed by atoms with Crippen molar-refractivity contribution in [2.24, 2.45) is 82.9 Å². The van der Waals surface area contributed by atoms with Crippen LogP contribution in [0.25, 0.3) is 0 Å². The molecule has 2 N–H and O–H groups in total. The van der Waals surface area contributed by atoms with Crippen LogP contribution in [0.4, 0.5) is 0 Å². The van der Waals surface area contributed by atoms with Crippen LogP contribution < -0.4 is 10.6 Å². The molecule has 13 aliphatic rings. The largest absolute Gasteiger partial charge is 0.299 e. The minimum atomic E-state index is 0.584. The van der Waals surface area contributed by atoms with Gasteiger partial charge in [-0.25, -0.2) is 0 Å². The molecule has 0 amide bonds. The Morgan fingerprint density at radius 3 is 1.42 bits per heavy atom. The molecule has 3 saturated heterocycles. The lowest BCUT2D eigenvalue weighted by atomic mass is 9.59. The van der Waals surface area contributed by atoms with Gasteiger partial charge in [-0.3, -0.25) is 20.4 Å². The zero-order valence-electron chi connectivity index (χ0n) is 43.8. The minimum absolute atomic E-state index is 0.584. The fraction of sp³-hybridized carbons (Fsp3) is 1.00. The van der Waals surface area contributed by atoms with Crippen molar-refractivity contribution >= 4 is 0 Å². The first-order chi connectivity index (χ1) is 33.1. The van der Waals surface area contributed by atoms with Gasteiger partial charge in [0.15, 0.2) is 0 Å². The Kier molecular flexibility index (Phi) is 14.4. The summed E-state index contributed by atoms with van der Waals surface area (Å²) in [4.78, 5) is 6.61. The molecule has 10 saturated carbocycles. The summed E-state index contributed by atoms with van der Waals surface area (Å²) in [6, 6.07) is 7.22. The van der Waals surface area contributed by atoms with E-state index in [1.165, 1.54) is 148 Å². The van der Waals surface area contributed by atoms with E-state index in [0.717, 1.165) is 131 Å². The summed E-state index contributed by atoms with van der Waals surface area (Å²) < 4.78 is 0. The quantitative estimate of drug-likeness (QED) is 0.266. The zero-order valence-corrected chi connectivity index (χ0v) is 43.8. The predicted molar refractivity (Wildman–Crippen MR) is 279 cm³/mol. The summed E-state index contributed by atoms with van der Waals surface area (Å²) >= 11 is 0. The summed E-state index contributed by atoms with van der Waals surface area (Å²) in [7, 11) is 0. The van der Waals surface area contributed by atoms with E-state index < -0.39 is 0 Å². The van der Waals surface area contributed by atoms with Crippen LogP contribution in [-0.2, 0) is 0 Å². The van der Waals surface area contributed by atoms with Crippen LogP contribution in [0.15, 0.2) is 0 Å². The zero-order chi connectivity index (χ0) is 44.4. The SMILES string of the molecule is CC1CC(C2CC[C@@H]3C(C2)C2CCCCC2N3C2CCCCC2)CCC1C1CCC2C(C1)C1CCCCC1N2C1CCC(C2NC3CCCCC3C(C3CCC(C4CCCCC4)CC3)N2)CC1. The Morgan fingerprint density at radius 1 is 0.284 bits per heavy atom. The molecular weight excluding hydrogens is 813 g/mol. The molecule has 13 rings (SSSR count). The van der Waals surface area contributed by atoms with Gasteiger partial charge >= 0.3 is 0 Å². The van der Waals surface area contributed by atoms with Crippen molar-refractivity contribution in [3.63, 3.8) is 0 Å². The van der Waals surface area contributed by atoms with Gasteiger partial charge in [0.2, 0.25) is 0 Å². The lowest BCUT2D eigenvalue weighted by Gasteiger charge is -2.53. The van der Waals surface area contributed by atoms with Gasteiger partial charge < -0.3 is 0 Å². The highest BCUT2D eigenvalue weighted by Gasteiger charge is 2.57. The van der Waals surface area contributed by atoms with Crippen molar-refractivity contribution in [2.45, 2.75) is 312 Å². The lowest BCUT2D eigenvalue weighted by Crippen LogP contribution is -2.68. The second-order valence-corrected chi connectivity index (χ2v) is 28.6. The standard InChI is InChI=1S/C63H106N4/c1-41-38-46(47-31-36-60-55(39-47)52-18-9-12-22-58(52)66(60)49-16-6-3-7-17-49)30-35-51(41)48-32-37-61-56(40-48)53-19-10-13-23-59(53)67(61)50-33-28-45(29-34-50)63-64-57-21-11-8-20-54(57)62(65-63)44-26-24-43(25-27-44)42-14-4-2-5-15-42/h41-65H,2-40H2,1H3/t41?,43?,44?,45?,46?,47?,48?,50?,51?,52?,53?,54?,55?,56?,57?,58?,59?,60-,61?,62?,63?/m1/s1. The van der Waals surface area contributed by atoms with Crippen LogP contribution >= 0.6 is 0 Å². The van der Waals surface area contributed by atoms with Crippen molar-refractivity contribution in [2.75, 3.05) is 0 Å². The molecule has 0 aromatic heterocycles. The first-order valence-electron chi connectivity index (χ1n) is 32.2. The fourth-order valence-corrected chi connectivity index (χ4v) is 23.0. The number of hydrogen-bond donors (Lipinski definition) is 2. The van der Waals surface area contributed by atoms with E-state index in [2.05, 4.69) is 27.4 Å². The van der Waals surface area contributed by atoms with E-state index in [-0.39, 0.29) is 0 Å². The van der Waals surface area contributed by atoms with E-state index in [4.69, 9.17) is 0 Å². The summed E-state index contributed by atoms with van der Waals surface area (Å²) in [6.07, 6.45) is 60.5. The maximum atomic E-state index is 4.53. The average molecular weight is 920 g/mol.